The highest BCUT2D eigenvalue weighted by molar-refractivity contribution is 7.99. The monoisotopic (exact) mass is 544 g/mol. The zero-order valence-electron chi connectivity index (χ0n) is 20.3. The number of thioether (sulfide) groups is 1. The number of carbonyl (C=O) groups excluding carboxylic acids is 1. The van der Waals surface area contributed by atoms with Gasteiger partial charge in [0.15, 0.2) is 11.0 Å². The molecule has 4 aromatic rings. The smallest absolute Gasteiger partial charge is 0.243 e. The van der Waals surface area contributed by atoms with Crippen molar-refractivity contribution in [2.24, 2.45) is 0 Å². The van der Waals surface area contributed by atoms with Gasteiger partial charge in [0, 0.05) is 24.3 Å². The Labute approximate surface area is 225 Å². The Morgan fingerprint density at radius 2 is 1.71 bits per heavy atom. The maximum absolute atomic E-state index is 13.2. The quantitative estimate of drug-likeness (QED) is 0.328. The van der Waals surface area contributed by atoms with E-state index in [1.54, 1.807) is 48.5 Å². The Kier molecular flexibility index (Phi) is 7.55. The summed E-state index contributed by atoms with van der Waals surface area (Å²) in [4.78, 5) is 12.9. The van der Waals surface area contributed by atoms with E-state index in [9.17, 15) is 18.5 Å². The van der Waals surface area contributed by atoms with E-state index in [0.717, 1.165) is 18.5 Å². The van der Waals surface area contributed by atoms with E-state index in [4.69, 9.17) is 0 Å². The summed E-state index contributed by atoms with van der Waals surface area (Å²) in [7, 11) is -3.60. The molecule has 1 aromatic heterocycles. The highest BCUT2D eigenvalue weighted by Gasteiger charge is 2.28. The standard InChI is InChI=1S/C27H24N6O3S2/c28-18-21-9-4-5-14-24(21)29-25(34)19-37-27-31-30-26(33(27)22-11-2-1-3-12-22)20-10-8-13-23(17-20)38(35,36)32-15-6-7-16-32/h1-5,8-14,17H,6-7,15-16,19H2,(H,29,34). The summed E-state index contributed by atoms with van der Waals surface area (Å²) in [6.07, 6.45) is 1.72. The van der Waals surface area contributed by atoms with Crippen molar-refractivity contribution in [2.45, 2.75) is 22.9 Å². The van der Waals surface area contributed by atoms with E-state index >= 15 is 0 Å². The van der Waals surface area contributed by atoms with Crippen molar-refractivity contribution in [3.63, 3.8) is 0 Å². The molecule has 1 fully saturated rings. The van der Waals surface area contributed by atoms with Gasteiger partial charge in [0.1, 0.15) is 6.07 Å². The number of nitriles is 1. The van der Waals surface area contributed by atoms with Gasteiger partial charge in [-0.1, -0.05) is 54.2 Å². The van der Waals surface area contributed by atoms with E-state index in [-0.39, 0.29) is 16.6 Å². The van der Waals surface area contributed by atoms with Gasteiger partial charge in [0.2, 0.25) is 15.9 Å². The van der Waals surface area contributed by atoms with Gasteiger partial charge in [-0.25, -0.2) is 8.42 Å². The minimum absolute atomic E-state index is 0.0358. The lowest BCUT2D eigenvalue weighted by Crippen LogP contribution is -2.27. The summed E-state index contributed by atoms with van der Waals surface area (Å²) < 4.78 is 29.7. The fourth-order valence-electron chi connectivity index (χ4n) is 4.24. The number of para-hydroxylation sites is 2. The summed E-state index contributed by atoms with van der Waals surface area (Å²) >= 11 is 1.20. The molecular weight excluding hydrogens is 520 g/mol. The van der Waals surface area contributed by atoms with Crippen LogP contribution in [-0.4, -0.2) is 52.2 Å². The van der Waals surface area contributed by atoms with Gasteiger partial charge in [-0.15, -0.1) is 10.2 Å². The first-order chi connectivity index (χ1) is 18.5. The molecular formula is C27H24N6O3S2. The lowest BCUT2D eigenvalue weighted by atomic mass is 10.2. The van der Waals surface area contributed by atoms with Crippen molar-refractivity contribution in [3.8, 4) is 23.1 Å². The largest absolute Gasteiger partial charge is 0.324 e. The second-order valence-corrected chi connectivity index (χ2v) is 11.5. The molecule has 0 bridgehead atoms. The first-order valence-corrected chi connectivity index (χ1v) is 14.4. The maximum atomic E-state index is 13.2. The molecule has 0 spiro atoms. The number of anilines is 1. The van der Waals surface area contributed by atoms with Crippen molar-refractivity contribution in [2.75, 3.05) is 24.2 Å². The second-order valence-electron chi connectivity index (χ2n) is 8.61. The lowest BCUT2D eigenvalue weighted by molar-refractivity contribution is -0.113. The number of nitrogens with zero attached hydrogens (tertiary/aromatic N) is 5. The van der Waals surface area contributed by atoms with Gasteiger partial charge in [-0.2, -0.15) is 9.57 Å². The van der Waals surface area contributed by atoms with Crippen LogP contribution in [0, 0.1) is 11.3 Å². The van der Waals surface area contributed by atoms with Gasteiger partial charge in [0.25, 0.3) is 0 Å². The maximum Gasteiger partial charge on any atom is 0.243 e. The molecule has 192 valence electrons. The molecule has 1 saturated heterocycles. The first-order valence-electron chi connectivity index (χ1n) is 12.0. The molecule has 3 aromatic carbocycles. The first kappa shape index (κ1) is 25.7. The van der Waals surface area contributed by atoms with Crippen LogP contribution in [0.4, 0.5) is 5.69 Å². The third kappa shape index (κ3) is 5.33. The van der Waals surface area contributed by atoms with E-state index in [0.29, 0.717) is 40.9 Å². The van der Waals surface area contributed by atoms with Crippen LogP contribution in [0.15, 0.2) is 88.9 Å². The molecule has 1 N–H and O–H groups in total. The van der Waals surface area contributed by atoms with E-state index in [2.05, 4.69) is 21.6 Å². The van der Waals surface area contributed by atoms with Crippen molar-refractivity contribution in [1.29, 1.82) is 5.26 Å². The normalized spacial score (nSPS) is 13.8. The minimum Gasteiger partial charge on any atom is -0.324 e. The number of sulfonamides is 1. The van der Waals surface area contributed by atoms with Gasteiger partial charge in [-0.3, -0.25) is 9.36 Å². The highest BCUT2D eigenvalue weighted by atomic mass is 32.2. The zero-order valence-corrected chi connectivity index (χ0v) is 22.0. The number of hydrogen-bond acceptors (Lipinski definition) is 7. The molecule has 11 heteroatoms. The third-order valence-corrected chi connectivity index (χ3v) is 8.92. The number of carbonyl (C=O) groups is 1. The van der Waals surface area contributed by atoms with Crippen molar-refractivity contribution in [3.05, 3.63) is 84.4 Å². The van der Waals surface area contributed by atoms with Crippen molar-refractivity contribution < 1.29 is 13.2 Å². The van der Waals surface area contributed by atoms with Crippen LogP contribution in [-0.2, 0) is 14.8 Å². The number of hydrogen-bond donors (Lipinski definition) is 1. The number of rotatable bonds is 8. The SMILES string of the molecule is N#Cc1ccccc1NC(=O)CSc1nnc(-c2cccc(S(=O)(=O)N3CCCC3)c2)n1-c1ccccc1. The van der Waals surface area contributed by atoms with Crippen LogP contribution in [0.1, 0.15) is 18.4 Å². The number of amides is 1. The third-order valence-electron chi connectivity index (χ3n) is 6.10. The molecule has 38 heavy (non-hydrogen) atoms. The molecule has 9 nitrogen and oxygen atoms in total. The van der Waals surface area contributed by atoms with Gasteiger partial charge in [-0.05, 0) is 49.2 Å². The predicted molar refractivity (Wildman–Crippen MR) is 145 cm³/mol. The molecule has 1 amide bonds. The van der Waals surface area contributed by atoms with Gasteiger partial charge in [0.05, 0.1) is 21.9 Å². The summed E-state index contributed by atoms with van der Waals surface area (Å²) in [5.74, 6) is 0.210. The molecule has 0 saturated carbocycles. The molecule has 1 aliphatic heterocycles. The fourth-order valence-corrected chi connectivity index (χ4v) is 6.55. The van der Waals surface area contributed by atoms with Gasteiger partial charge < -0.3 is 5.32 Å². The van der Waals surface area contributed by atoms with Crippen LogP contribution in [0.2, 0.25) is 0 Å². The zero-order chi connectivity index (χ0) is 26.5. The molecule has 2 heterocycles. The predicted octanol–water partition coefficient (Wildman–Crippen LogP) is 4.32. The topological polar surface area (TPSA) is 121 Å². The van der Waals surface area contributed by atoms with Crippen LogP contribution in [0.3, 0.4) is 0 Å². The number of aromatic nitrogens is 3. The molecule has 5 rings (SSSR count). The number of benzene rings is 3. The Balaban J connectivity index is 1.44. The average molecular weight is 545 g/mol. The van der Waals surface area contributed by atoms with Crippen LogP contribution in [0.25, 0.3) is 17.1 Å². The minimum atomic E-state index is -3.60. The Bertz CT molecular complexity index is 1610. The molecule has 0 aliphatic carbocycles. The summed E-state index contributed by atoms with van der Waals surface area (Å²) in [5.41, 5.74) is 2.20. The molecule has 0 atom stereocenters. The molecule has 0 radical (unpaired) electrons. The second kappa shape index (κ2) is 11.2. The van der Waals surface area contributed by atoms with E-state index in [1.165, 1.54) is 16.1 Å². The highest BCUT2D eigenvalue weighted by Crippen LogP contribution is 2.30. The Hall–Kier alpha value is -3.98. The fraction of sp³-hybridized carbons (Fsp3) is 0.185. The molecule has 0 unspecified atom stereocenters. The Morgan fingerprint density at radius 3 is 2.47 bits per heavy atom. The van der Waals surface area contributed by atoms with E-state index < -0.39 is 10.0 Å². The summed E-state index contributed by atoms with van der Waals surface area (Å²) in [5, 5.41) is 21.2. The van der Waals surface area contributed by atoms with Crippen LogP contribution >= 0.6 is 11.8 Å². The average Bonchev–Trinajstić information content (AvgIpc) is 3.64. The van der Waals surface area contributed by atoms with E-state index in [1.807, 2.05) is 34.9 Å². The van der Waals surface area contributed by atoms with Gasteiger partial charge >= 0.3 is 0 Å². The summed E-state index contributed by atoms with van der Waals surface area (Å²) in [6.45, 7) is 1.04. The Morgan fingerprint density at radius 1 is 0.974 bits per heavy atom. The summed E-state index contributed by atoms with van der Waals surface area (Å²) in [6, 6.07) is 25.0. The van der Waals surface area contributed by atoms with Crippen LogP contribution in [0.5, 0.6) is 0 Å². The molecule has 1 aliphatic rings. The van der Waals surface area contributed by atoms with Crippen molar-refractivity contribution in [1.82, 2.24) is 19.1 Å². The number of nitrogens with one attached hydrogen (secondary N) is 1. The lowest BCUT2D eigenvalue weighted by Gasteiger charge is -2.16. The van der Waals surface area contributed by atoms with Crippen molar-refractivity contribution >= 4 is 33.4 Å². The van der Waals surface area contributed by atoms with Crippen LogP contribution < -0.4 is 5.32 Å².